The molecule has 0 saturated carbocycles. The summed E-state index contributed by atoms with van der Waals surface area (Å²) < 4.78 is 5.46. The first kappa shape index (κ1) is 32.3. The Balaban J connectivity index is 3.71. The van der Waals surface area contributed by atoms with E-state index < -0.39 is 35.2 Å². The minimum absolute atomic E-state index is 0.0250. The van der Waals surface area contributed by atoms with Gasteiger partial charge in [0.1, 0.15) is 23.4 Å². The molecule has 210 valence electrons. The number of alkyl carbamates (subject to hydrolysis) is 1. The molecule has 0 aliphatic heterocycles. The Morgan fingerprint density at radius 1 is 1.08 bits per heavy atom. The van der Waals surface area contributed by atoms with Crippen LogP contribution in [0.25, 0.3) is 0 Å². The smallest absolute Gasteiger partial charge is 0.408 e. The van der Waals surface area contributed by atoms with Crippen molar-refractivity contribution in [2.75, 3.05) is 6.54 Å². The highest BCUT2D eigenvalue weighted by atomic mass is 16.6. The zero-order valence-corrected chi connectivity index (χ0v) is 24.5. The van der Waals surface area contributed by atoms with Crippen molar-refractivity contribution in [2.45, 2.75) is 118 Å². The Kier molecular flexibility index (Phi) is 11.9. The monoisotopic (exact) mass is 519 g/mol. The maximum Gasteiger partial charge on any atom is 0.408 e. The van der Waals surface area contributed by atoms with Crippen LogP contribution in [0.3, 0.4) is 0 Å². The number of rotatable bonds is 12. The first-order chi connectivity index (χ1) is 17.1. The number of phenolic OH excluding ortho intramolecular Hbond substituents is 1. The van der Waals surface area contributed by atoms with Crippen molar-refractivity contribution < 1.29 is 24.2 Å². The summed E-state index contributed by atoms with van der Waals surface area (Å²) in [6.45, 7) is 19.1. The number of benzene rings is 1. The minimum atomic E-state index is -1.09. The molecule has 3 N–H and O–H groups in total. The van der Waals surface area contributed by atoms with Crippen molar-refractivity contribution in [3.63, 3.8) is 0 Å². The van der Waals surface area contributed by atoms with Crippen LogP contribution in [0.2, 0.25) is 0 Å². The van der Waals surface area contributed by atoms with Gasteiger partial charge in [-0.25, -0.2) is 4.79 Å². The number of ether oxygens (including phenoxy) is 1. The molecule has 0 spiro atoms. The number of aryl methyl sites for hydroxylation is 1. The van der Waals surface area contributed by atoms with Crippen molar-refractivity contribution in [3.8, 4) is 5.75 Å². The lowest BCUT2D eigenvalue weighted by Crippen LogP contribution is -2.60. The number of carbonyl (C=O) groups is 3. The first-order valence-corrected chi connectivity index (χ1v) is 13.5. The Hall–Kier alpha value is -2.77. The summed E-state index contributed by atoms with van der Waals surface area (Å²) in [6, 6.07) is 3.19. The van der Waals surface area contributed by atoms with Gasteiger partial charge >= 0.3 is 6.09 Å². The molecule has 1 aromatic carbocycles. The predicted octanol–water partition coefficient (Wildman–Crippen LogP) is 5.61. The summed E-state index contributed by atoms with van der Waals surface area (Å²) in [5, 5.41) is 16.8. The van der Waals surface area contributed by atoms with Gasteiger partial charge in [-0.15, -0.1) is 0 Å². The molecule has 8 heteroatoms. The molecule has 0 bridgehead atoms. The number of hydrogen-bond donors (Lipinski definition) is 3. The van der Waals surface area contributed by atoms with E-state index in [0.717, 1.165) is 12.8 Å². The van der Waals surface area contributed by atoms with E-state index in [4.69, 9.17) is 4.74 Å². The van der Waals surface area contributed by atoms with Crippen molar-refractivity contribution in [1.29, 1.82) is 0 Å². The average molecular weight is 520 g/mol. The quantitative estimate of drug-likeness (QED) is 0.311. The van der Waals surface area contributed by atoms with Gasteiger partial charge in [-0.2, -0.15) is 0 Å². The molecule has 0 saturated heterocycles. The summed E-state index contributed by atoms with van der Waals surface area (Å²) in [4.78, 5) is 42.4. The first-order valence-electron chi connectivity index (χ1n) is 13.5. The topological polar surface area (TPSA) is 108 Å². The number of amides is 3. The summed E-state index contributed by atoms with van der Waals surface area (Å²) in [7, 11) is 0. The van der Waals surface area contributed by atoms with E-state index in [0.29, 0.717) is 30.5 Å². The molecule has 1 aromatic rings. The normalized spacial score (nSPS) is 14.3. The highest BCUT2D eigenvalue weighted by molar-refractivity contribution is 5.93. The van der Waals surface area contributed by atoms with Crippen LogP contribution >= 0.6 is 0 Å². The lowest BCUT2D eigenvalue weighted by molar-refractivity contribution is -0.150. The number of unbranched alkanes of at least 4 members (excludes halogenated alkanes) is 1. The molecule has 3 unspecified atom stereocenters. The molecule has 0 radical (unpaired) electrons. The van der Waals surface area contributed by atoms with Crippen LogP contribution < -0.4 is 10.6 Å². The second-order valence-electron chi connectivity index (χ2n) is 11.4. The fraction of sp³-hybridized carbons (Fsp3) is 0.690. The Labute approximate surface area is 223 Å². The number of nitrogens with one attached hydrogen (secondary N) is 2. The summed E-state index contributed by atoms with van der Waals surface area (Å²) in [6.07, 6.45) is 2.17. The molecular formula is C29H49N3O5. The minimum Gasteiger partial charge on any atom is -0.507 e. The SMILES string of the molecule is CCCCNC(=O)C(c1cccc(C)c1O)N(C(=O)C(NC(=O)OC(C)(C)C)C(C)CC)C(C)(C)CC. The summed E-state index contributed by atoms with van der Waals surface area (Å²) >= 11 is 0. The highest BCUT2D eigenvalue weighted by Gasteiger charge is 2.45. The van der Waals surface area contributed by atoms with Gasteiger partial charge in [-0.1, -0.05) is 58.7 Å². The number of hydrogen-bond acceptors (Lipinski definition) is 5. The molecule has 1 rings (SSSR count). The van der Waals surface area contributed by atoms with Crippen LogP contribution in [-0.4, -0.2) is 51.6 Å². The van der Waals surface area contributed by atoms with Crippen LogP contribution in [0.15, 0.2) is 18.2 Å². The molecular weight excluding hydrogens is 470 g/mol. The van der Waals surface area contributed by atoms with E-state index in [1.807, 2.05) is 41.5 Å². The number of phenols is 1. The van der Waals surface area contributed by atoms with E-state index in [1.165, 1.54) is 4.90 Å². The molecule has 0 heterocycles. The summed E-state index contributed by atoms with van der Waals surface area (Å²) in [5.74, 6) is -1.03. The van der Waals surface area contributed by atoms with Gasteiger partial charge in [0.15, 0.2) is 0 Å². The second-order valence-corrected chi connectivity index (χ2v) is 11.4. The van der Waals surface area contributed by atoms with E-state index >= 15 is 0 Å². The van der Waals surface area contributed by atoms with Crippen molar-refractivity contribution in [1.82, 2.24) is 15.5 Å². The van der Waals surface area contributed by atoms with Crippen LogP contribution in [0.1, 0.15) is 105 Å². The molecule has 0 aliphatic carbocycles. The number of carbonyl (C=O) groups excluding carboxylic acids is 3. The zero-order valence-electron chi connectivity index (χ0n) is 24.5. The summed E-state index contributed by atoms with van der Waals surface area (Å²) in [5.41, 5.74) is -0.550. The molecule has 3 atom stereocenters. The van der Waals surface area contributed by atoms with Crippen LogP contribution in [0.4, 0.5) is 4.79 Å². The average Bonchev–Trinajstić information content (AvgIpc) is 2.80. The van der Waals surface area contributed by atoms with Crippen molar-refractivity contribution in [2.24, 2.45) is 5.92 Å². The van der Waals surface area contributed by atoms with E-state index in [1.54, 1.807) is 45.9 Å². The standard InChI is InChI=1S/C29H49N3O5/c1-11-14-18-30-25(34)23(21-17-15-16-20(5)24(21)33)32(29(9,10)13-3)26(35)22(19(4)12-2)31-27(36)37-28(6,7)8/h15-17,19,22-23,33H,11-14,18H2,1-10H3,(H,30,34)(H,31,36). The molecule has 37 heavy (non-hydrogen) atoms. The zero-order chi connectivity index (χ0) is 28.6. The van der Waals surface area contributed by atoms with Gasteiger partial charge < -0.3 is 25.4 Å². The molecule has 0 fully saturated rings. The van der Waals surface area contributed by atoms with Gasteiger partial charge in [0.2, 0.25) is 11.8 Å². The molecule has 3 amide bonds. The van der Waals surface area contributed by atoms with Gasteiger partial charge in [0.25, 0.3) is 0 Å². The Morgan fingerprint density at radius 2 is 1.70 bits per heavy atom. The number of aromatic hydroxyl groups is 1. The van der Waals surface area contributed by atoms with Gasteiger partial charge in [-0.3, -0.25) is 9.59 Å². The maximum atomic E-state index is 14.4. The van der Waals surface area contributed by atoms with Crippen LogP contribution in [0.5, 0.6) is 5.75 Å². The Bertz CT molecular complexity index is 923. The van der Waals surface area contributed by atoms with Gasteiger partial charge in [-0.05, 0) is 65.9 Å². The lowest BCUT2D eigenvalue weighted by atomic mass is 9.89. The van der Waals surface area contributed by atoms with Crippen molar-refractivity contribution >= 4 is 17.9 Å². The molecule has 8 nitrogen and oxygen atoms in total. The van der Waals surface area contributed by atoms with E-state index in [2.05, 4.69) is 10.6 Å². The fourth-order valence-corrected chi connectivity index (χ4v) is 4.00. The molecule has 0 aliphatic rings. The highest BCUT2D eigenvalue weighted by Crippen LogP contribution is 2.37. The number of para-hydroxylation sites is 1. The molecule has 0 aromatic heterocycles. The van der Waals surface area contributed by atoms with Crippen LogP contribution in [0, 0.1) is 12.8 Å². The van der Waals surface area contributed by atoms with Crippen molar-refractivity contribution in [3.05, 3.63) is 29.3 Å². The third kappa shape index (κ3) is 8.93. The fourth-order valence-electron chi connectivity index (χ4n) is 4.00. The second kappa shape index (κ2) is 13.7. The third-order valence-corrected chi connectivity index (χ3v) is 6.81. The lowest BCUT2D eigenvalue weighted by Gasteiger charge is -2.45. The largest absolute Gasteiger partial charge is 0.507 e. The van der Waals surface area contributed by atoms with Gasteiger partial charge in [0.05, 0.1) is 0 Å². The van der Waals surface area contributed by atoms with Crippen LogP contribution in [-0.2, 0) is 14.3 Å². The van der Waals surface area contributed by atoms with Gasteiger partial charge in [0, 0.05) is 17.6 Å². The van der Waals surface area contributed by atoms with E-state index in [-0.39, 0.29) is 17.6 Å². The third-order valence-electron chi connectivity index (χ3n) is 6.81. The van der Waals surface area contributed by atoms with E-state index in [9.17, 15) is 19.5 Å². The number of nitrogens with zero attached hydrogens (tertiary/aromatic N) is 1. The maximum absolute atomic E-state index is 14.4. The Morgan fingerprint density at radius 3 is 2.22 bits per heavy atom. The predicted molar refractivity (Wildman–Crippen MR) is 147 cm³/mol.